The number of nitrogens with one attached hydrogen (secondary N) is 1. The van der Waals surface area contributed by atoms with Gasteiger partial charge >= 0.3 is 0 Å². The van der Waals surface area contributed by atoms with Crippen molar-refractivity contribution in [1.29, 1.82) is 0 Å². The van der Waals surface area contributed by atoms with E-state index in [0.29, 0.717) is 32.0 Å². The molecule has 39 heavy (non-hydrogen) atoms. The van der Waals surface area contributed by atoms with Crippen LogP contribution >= 0.6 is 0 Å². The first-order valence-corrected chi connectivity index (χ1v) is 14.8. The van der Waals surface area contributed by atoms with Crippen LogP contribution in [0.15, 0.2) is 54.6 Å². The molecule has 0 aromatic heterocycles. The predicted molar refractivity (Wildman–Crippen MR) is 153 cm³/mol. The Morgan fingerprint density at radius 3 is 2.15 bits per heavy atom. The fourth-order valence-corrected chi connectivity index (χ4v) is 7.37. The molecule has 5 rings (SSSR count). The van der Waals surface area contributed by atoms with E-state index in [1.54, 1.807) is 0 Å². The number of piperidine rings is 1. The van der Waals surface area contributed by atoms with E-state index in [4.69, 9.17) is 0 Å². The van der Waals surface area contributed by atoms with E-state index in [-0.39, 0.29) is 35.0 Å². The Labute approximate surface area is 233 Å². The number of carbonyl (C=O) groups excluding carboxylic acids is 2. The molecule has 2 aromatic rings. The standard InChI is InChI=1S/C33H44FN3O2/c1-24(25-11-13-27(34)14-12-25)35-28-15-16-29(32(2,3)23-28)30(38)36-21-17-33(18-22-36,26-9-5-4-6-10-26)31(39)37-19-7-8-20-37/h4-6,9-14,24,28-29,35H,7-8,15-23H2,1-3H3/t24-,28-,29+/m1/s1. The van der Waals surface area contributed by atoms with Crippen LogP contribution in [0, 0.1) is 17.2 Å². The molecule has 2 aromatic carbocycles. The molecule has 1 aliphatic carbocycles. The lowest BCUT2D eigenvalue weighted by molar-refractivity contribution is -0.147. The SMILES string of the molecule is C[C@@H](N[C@@H]1CC[C@@H](C(=O)N2CCC(C(=O)N3CCCC3)(c3ccccc3)CC2)C(C)(C)C1)c1ccc(F)cc1. The maximum Gasteiger partial charge on any atom is 0.233 e. The molecule has 1 saturated carbocycles. The third-order valence-electron chi connectivity index (χ3n) is 9.73. The van der Waals surface area contributed by atoms with E-state index in [1.165, 1.54) is 12.1 Å². The Hall–Kier alpha value is -2.73. The van der Waals surface area contributed by atoms with Crippen LogP contribution in [0.2, 0.25) is 0 Å². The average Bonchev–Trinajstić information content (AvgIpc) is 3.48. The second-order valence-electron chi connectivity index (χ2n) is 12.7. The monoisotopic (exact) mass is 533 g/mol. The van der Waals surface area contributed by atoms with Crippen molar-refractivity contribution in [1.82, 2.24) is 15.1 Å². The fraction of sp³-hybridized carbons (Fsp3) is 0.576. The van der Waals surface area contributed by atoms with Crippen LogP contribution in [0.5, 0.6) is 0 Å². The van der Waals surface area contributed by atoms with Crippen molar-refractivity contribution >= 4 is 11.8 Å². The normalized spacial score (nSPS) is 25.3. The molecule has 3 aliphatic rings. The highest BCUT2D eigenvalue weighted by molar-refractivity contribution is 5.89. The van der Waals surface area contributed by atoms with Gasteiger partial charge in [0.05, 0.1) is 5.41 Å². The number of carbonyl (C=O) groups is 2. The van der Waals surface area contributed by atoms with E-state index in [9.17, 15) is 14.0 Å². The summed E-state index contributed by atoms with van der Waals surface area (Å²) >= 11 is 0. The van der Waals surface area contributed by atoms with Crippen LogP contribution < -0.4 is 5.32 Å². The zero-order valence-electron chi connectivity index (χ0n) is 23.8. The van der Waals surface area contributed by atoms with Gasteiger partial charge in [-0.15, -0.1) is 0 Å². The summed E-state index contributed by atoms with van der Waals surface area (Å²) in [6.45, 7) is 9.52. The molecule has 0 radical (unpaired) electrons. The largest absolute Gasteiger partial charge is 0.342 e. The molecule has 210 valence electrons. The zero-order chi connectivity index (χ0) is 27.6. The summed E-state index contributed by atoms with van der Waals surface area (Å²) < 4.78 is 13.3. The smallest absolute Gasteiger partial charge is 0.233 e. The van der Waals surface area contributed by atoms with Crippen molar-refractivity contribution in [2.75, 3.05) is 26.2 Å². The molecule has 5 nitrogen and oxygen atoms in total. The maximum absolute atomic E-state index is 13.9. The second kappa shape index (κ2) is 11.4. The van der Waals surface area contributed by atoms with Crippen LogP contribution in [0.3, 0.4) is 0 Å². The van der Waals surface area contributed by atoms with Crippen LogP contribution in [0.4, 0.5) is 4.39 Å². The quantitative estimate of drug-likeness (QED) is 0.507. The number of amides is 2. The van der Waals surface area contributed by atoms with Crippen molar-refractivity contribution in [3.05, 3.63) is 71.5 Å². The maximum atomic E-state index is 13.9. The summed E-state index contributed by atoms with van der Waals surface area (Å²) in [7, 11) is 0. The van der Waals surface area contributed by atoms with Crippen molar-refractivity contribution < 1.29 is 14.0 Å². The van der Waals surface area contributed by atoms with E-state index >= 15 is 0 Å². The van der Waals surface area contributed by atoms with Crippen molar-refractivity contribution in [3.8, 4) is 0 Å². The first-order valence-electron chi connectivity index (χ1n) is 14.8. The third kappa shape index (κ3) is 5.77. The molecular formula is C33H44FN3O2. The Bertz CT molecular complexity index is 1140. The number of hydrogen-bond donors (Lipinski definition) is 1. The summed E-state index contributed by atoms with van der Waals surface area (Å²) in [5.41, 5.74) is 1.51. The molecule has 2 aliphatic heterocycles. The highest BCUT2D eigenvalue weighted by Gasteiger charge is 2.48. The molecule has 2 heterocycles. The first kappa shape index (κ1) is 27.8. The van der Waals surface area contributed by atoms with Gasteiger partial charge in [0.2, 0.25) is 11.8 Å². The van der Waals surface area contributed by atoms with Crippen molar-refractivity contribution in [2.24, 2.45) is 11.3 Å². The van der Waals surface area contributed by atoms with Gasteiger partial charge < -0.3 is 15.1 Å². The Balaban J connectivity index is 1.23. The molecule has 3 fully saturated rings. The number of halogens is 1. The molecule has 6 heteroatoms. The number of benzene rings is 2. The Morgan fingerprint density at radius 2 is 1.54 bits per heavy atom. The van der Waals surface area contributed by atoms with Gasteiger partial charge in [-0.1, -0.05) is 56.3 Å². The Kier molecular flexibility index (Phi) is 8.14. The van der Waals surface area contributed by atoms with Crippen molar-refractivity contribution in [2.45, 2.75) is 83.2 Å². The summed E-state index contributed by atoms with van der Waals surface area (Å²) in [6.07, 6.45) is 6.25. The lowest BCUT2D eigenvalue weighted by Crippen LogP contribution is -2.55. The topological polar surface area (TPSA) is 52.7 Å². The molecule has 0 spiro atoms. The summed E-state index contributed by atoms with van der Waals surface area (Å²) in [5.74, 6) is 0.265. The molecule has 3 atom stereocenters. The minimum atomic E-state index is -0.532. The van der Waals surface area contributed by atoms with Gasteiger partial charge in [-0.2, -0.15) is 0 Å². The minimum Gasteiger partial charge on any atom is -0.342 e. The molecule has 1 N–H and O–H groups in total. The van der Waals surface area contributed by atoms with E-state index in [0.717, 1.165) is 56.3 Å². The van der Waals surface area contributed by atoms with Crippen LogP contribution in [0.1, 0.15) is 82.9 Å². The fourth-order valence-electron chi connectivity index (χ4n) is 7.37. The van der Waals surface area contributed by atoms with Gasteiger partial charge in [0.15, 0.2) is 0 Å². The predicted octanol–water partition coefficient (Wildman–Crippen LogP) is 5.85. The second-order valence-corrected chi connectivity index (χ2v) is 12.7. The van der Waals surface area contributed by atoms with Crippen molar-refractivity contribution in [3.63, 3.8) is 0 Å². The zero-order valence-corrected chi connectivity index (χ0v) is 23.8. The lowest BCUT2D eigenvalue weighted by atomic mass is 9.66. The molecule has 2 amide bonds. The number of hydrogen-bond acceptors (Lipinski definition) is 3. The Morgan fingerprint density at radius 1 is 0.897 bits per heavy atom. The molecule has 0 unspecified atom stereocenters. The molecular weight excluding hydrogens is 489 g/mol. The summed E-state index contributed by atoms with van der Waals surface area (Å²) in [5, 5.41) is 3.73. The molecule has 2 saturated heterocycles. The summed E-state index contributed by atoms with van der Waals surface area (Å²) in [4.78, 5) is 31.8. The molecule has 0 bridgehead atoms. The van der Waals surface area contributed by atoms with Gasteiger partial charge in [-0.3, -0.25) is 9.59 Å². The van der Waals surface area contributed by atoms with Crippen LogP contribution in [-0.2, 0) is 15.0 Å². The lowest BCUT2D eigenvalue weighted by Gasteiger charge is -2.47. The number of likely N-dealkylation sites (tertiary alicyclic amines) is 2. The first-order chi connectivity index (χ1) is 18.7. The van der Waals surface area contributed by atoms with E-state index in [1.807, 2.05) is 35.2 Å². The van der Waals surface area contributed by atoms with Gasteiger partial charge in [-0.25, -0.2) is 4.39 Å². The third-order valence-corrected chi connectivity index (χ3v) is 9.73. The van der Waals surface area contributed by atoms with Gasteiger partial charge in [0.25, 0.3) is 0 Å². The average molecular weight is 534 g/mol. The summed E-state index contributed by atoms with van der Waals surface area (Å²) in [6, 6.07) is 17.4. The van der Waals surface area contributed by atoms with Gasteiger partial charge in [0, 0.05) is 44.2 Å². The van der Waals surface area contributed by atoms with Gasteiger partial charge in [0.1, 0.15) is 5.82 Å². The number of rotatable bonds is 6. The van der Waals surface area contributed by atoms with E-state index in [2.05, 4.69) is 43.1 Å². The van der Waals surface area contributed by atoms with E-state index < -0.39 is 5.41 Å². The highest BCUT2D eigenvalue weighted by atomic mass is 19.1. The van der Waals surface area contributed by atoms with Crippen LogP contribution in [-0.4, -0.2) is 53.8 Å². The number of nitrogens with zero attached hydrogens (tertiary/aromatic N) is 2. The van der Waals surface area contributed by atoms with Gasteiger partial charge in [-0.05, 0) is 80.5 Å². The highest BCUT2D eigenvalue weighted by Crippen LogP contribution is 2.44. The minimum absolute atomic E-state index is 0.0183. The van der Waals surface area contributed by atoms with Crippen LogP contribution in [0.25, 0.3) is 0 Å².